The number of methoxy groups -OCH3 is 2. The molecule has 0 amide bonds. The van der Waals surface area contributed by atoms with E-state index >= 15 is 0 Å². The first kappa shape index (κ1) is 15.6. The third kappa shape index (κ3) is 4.34. The molecular formula is C15H17BrN2O3. The summed E-state index contributed by atoms with van der Waals surface area (Å²) in [5, 5.41) is 13.3. The summed E-state index contributed by atoms with van der Waals surface area (Å²) in [6, 6.07) is 9.05. The molecule has 1 heterocycles. The molecule has 1 aromatic heterocycles. The van der Waals surface area contributed by atoms with Crippen LogP contribution in [0.25, 0.3) is 0 Å². The van der Waals surface area contributed by atoms with Crippen LogP contribution in [-0.4, -0.2) is 30.9 Å². The molecule has 2 N–H and O–H groups in total. The van der Waals surface area contributed by atoms with Crippen molar-refractivity contribution in [1.82, 2.24) is 4.98 Å². The Kier molecular flexibility index (Phi) is 5.41. The number of rotatable bonds is 6. The molecule has 0 saturated carbocycles. The Hall–Kier alpha value is -1.79. The Balaban J connectivity index is 2.05. The van der Waals surface area contributed by atoms with Crippen molar-refractivity contribution in [2.45, 2.75) is 6.10 Å². The van der Waals surface area contributed by atoms with Crippen molar-refractivity contribution in [1.29, 1.82) is 0 Å². The van der Waals surface area contributed by atoms with Gasteiger partial charge in [-0.2, -0.15) is 0 Å². The molecular weight excluding hydrogens is 336 g/mol. The van der Waals surface area contributed by atoms with Crippen molar-refractivity contribution in [3.63, 3.8) is 0 Å². The zero-order chi connectivity index (χ0) is 15.2. The Morgan fingerprint density at radius 1 is 1.19 bits per heavy atom. The third-order valence-electron chi connectivity index (χ3n) is 2.96. The summed E-state index contributed by atoms with van der Waals surface area (Å²) >= 11 is 3.33. The van der Waals surface area contributed by atoms with Crippen LogP contribution in [0, 0.1) is 0 Å². The van der Waals surface area contributed by atoms with Gasteiger partial charge in [0.2, 0.25) is 0 Å². The van der Waals surface area contributed by atoms with E-state index in [0.29, 0.717) is 23.9 Å². The number of nitrogens with one attached hydrogen (secondary N) is 1. The fourth-order valence-electron chi connectivity index (χ4n) is 1.82. The number of benzene rings is 1. The zero-order valence-corrected chi connectivity index (χ0v) is 13.4. The van der Waals surface area contributed by atoms with E-state index in [1.54, 1.807) is 38.6 Å². The highest BCUT2D eigenvalue weighted by molar-refractivity contribution is 9.10. The van der Waals surface area contributed by atoms with Gasteiger partial charge in [0.15, 0.2) is 0 Å². The minimum absolute atomic E-state index is 0.338. The Labute approximate surface area is 132 Å². The van der Waals surface area contributed by atoms with Gasteiger partial charge in [0.05, 0.1) is 20.3 Å². The maximum absolute atomic E-state index is 10.3. The Bertz CT molecular complexity index is 568. The van der Waals surface area contributed by atoms with Crippen LogP contribution in [0.4, 0.5) is 5.82 Å². The first-order valence-corrected chi connectivity index (χ1v) is 7.18. The molecule has 0 aliphatic carbocycles. The first-order valence-electron chi connectivity index (χ1n) is 6.39. The number of nitrogens with zero attached hydrogens (tertiary/aromatic N) is 1. The van der Waals surface area contributed by atoms with E-state index in [9.17, 15) is 5.11 Å². The van der Waals surface area contributed by atoms with Crippen molar-refractivity contribution in [2.75, 3.05) is 26.1 Å². The van der Waals surface area contributed by atoms with E-state index in [-0.39, 0.29) is 0 Å². The Morgan fingerprint density at radius 2 is 1.86 bits per heavy atom. The topological polar surface area (TPSA) is 63.6 Å². The number of hydrogen-bond acceptors (Lipinski definition) is 5. The minimum Gasteiger partial charge on any atom is -0.497 e. The van der Waals surface area contributed by atoms with Crippen molar-refractivity contribution < 1.29 is 14.6 Å². The molecule has 112 valence electrons. The monoisotopic (exact) mass is 352 g/mol. The standard InChI is InChI=1S/C15H17BrN2O3/c1-20-12-5-10(6-13(7-12)21-2)14(19)9-18-15-4-3-11(16)8-17-15/h3-8,14,19H,9H2,1-2H3,(H,17,18). The lowest BCUT2D eigenvalue weighted by molar-refractivity contribution is 0.190. The predicted octanol–water partition coefficient (Wildman–Crippen LogP) is 3.01. The average Bonchev–Trinajstić information content (AvgIpc) is 2.53. The van der Waals surface area contributed by atoms with E-state index in [4.69, 9.17) is 9.47 Å². The fourth-order valence-corrected chi connectivity index (χ4v) is 2.06. The lowest BCUT2D eigenvalue weighted by Gasteiger charge is -2.15. The van der Waals surface area contributed by atoms with Gasteiger partial charge in [0.25, 0.3) is 0 Å². The van der Waals surface area contributed by atoms with Gasteiger partial charge in [-0.15, -0.1) is 0 Å². The highest BCUT2D eigenvalue weighted by Crippen LogP contribution is 2.26. The number of aliphatic hydroxyl groups excluding tert-OH is 1. The highest BCUT2D eigenvalue weighted by Gasteiger charge is 2.11. The summed E-state index contributed by atoms with van der Waals surface area (Å²) in [6.45, 7) is 0.338. The molecule has 0 radical (unpaired) electrons. The van der Waals surface area contributed by atoms with Crippen LogP contribution in [0.3, 0.4) is 0 Å². The largest absolute Gasteiger partial charge is 0.497 e. The lowest BCUT2D eigenvalue weighted by atomic mass is 10.1. The van der Waals surface area contributed by atoms with Crippen LogP contribution < -0.4 is 14.8 Å². The second-order valence-electron chi connectivity index (χ2n) is 4.40. The molecule has 0 fully saturated rings. The molecule has 0 saturated heterocycles. The van der Waals surface area contributed by atoms with Crippen molar-refractivity contribution in [2.24, 2.45) is 0 Å². The van der Waals surface area contributed by atoms with Gasteiger partial charge in [0.1, 0.15) is 17.3 Å². The van der Waals surface area contributed by atoms with Gasteiger partial charge >= 0.3 is 0 Å². The van der Waals surface area contributed by atoms with Crippen LogP contribution in [0.1, 0.15) is 11.7 Å². The quantitative estimate of drug-likeness (QED) is 0.836. The average molecular weight is 353 g/mol. The summed E-state index contributed by atoms with van der Waals surface area (Å²) in [7, 11) is 3.16. The minimum atomic E-state index is -0.695. The summed E-state index contributed by atoms with van der Waals surface area (Å²) < 4.78 is 11.3. The summed E-state index contributed by atoms with van der Waals surface area (Å²) in [5.74, 6) is 1.99. The lowest BCUT2D eigenvalue weighted by Crippen LogP contribution is -2.13. The van der Waals surface area contributed by atoms with Gasteiger partial charge in [-0.1, -0.05) is 0 Å². The molecule has 0 aliphatic heterocycles. The summed E-state index contributed by atoms with van der Waals surface area (Å²) in [6.07, 6.45) is 1.00. The van der Waals surface area contributed by atoms with E-state index < -0.39 is 6.10 Å². The molecule has 0 aliphatic rings. The number of aromatic nitrogens is 1. The maximum Gasteiger partial charge on any atom is 0.126 e. The first-order chi connectivity index (χ1) is 10.1. The second kappa shape index (κ2) is 7.28. The summed E-state index contributed by atoms with van der Waals surface area (Å²) in [5.41, 5.74) is 0.718. The van der Waals surface area contributed by atoms with Crippen LogP contribution in [0.5, 0.6) is 11.5 Å². The number of anilines is 1. The number of aliphatic hydroxyl groups is 1. The molecule has 21 heavy (non-hydrogen) atoms. The highest BCUT2D eigenvalue weighted by atomic mass is 79.9. The second-order valence-corrected chi connectivity index (χ2v) is 5.32. The smallest absolute Gasteiger partial charge is 0.126 e. The van der Waals surface area contributed by atoms with E-state index in [1.165, 1.54) is 0 Å². The normalized spacial score (nSPS) is 11.8. The van der Waals surface area contributed by atoms with Crippen LogP contribution >= 0.6 is 15.9 Å². The van der Waals surface area contributed by atoms with Crippen LogP contribution in [0.15, 0.2) is 41.0 Å². The molecule has 0 bridgehead atoms. The fraction of sp³-hybridized carbons (Fsp3) is 0.267. The van der Waals surface area contributed by atoms with Crippen LogP contribution in [-0.2, 0) is 0 Å². The van der Waals surface area contributed by atoms with E-state index in [2.05, 4.69) is 26.2 Å². The van der Waals surface area contributed by atoms with Gasteiger partial charge in [-0.05, 0) is 45.8 Å². The van der Waals surface area contributed by atoms with Gasteiger partial charge in [-0.3, -0.25) is 0 Å². The molecule has 1 aromatic carbocycles. The molecule has 6 heteroatoms. The van der Waals surface area contributed by atoms with E-state index in [1.807, 2.05) is 12.1 Å². The molecule has 2 rings (SSSR count). The van der Waals surface area contributed by atoms with Gasteiger partial charge in [0, 0.05) is 23.3 Å². The van der Waals surface area contributed by atoms with Crippen LogP contribution in [0.2, 0.25) is 0 Å². The molecule has 0 spiro atoms. The molecule has 1 atom stereocenters. The van der Waals surface area contributed by atoms with E-state index in [0.717, 1.165) is 10.0 Å². The summed E-state index contributed by atoms with van der Waals surface area (Å²) in [4.78, 5) is 4.19. The van der Waals surface area contributed by atoms with Gasteiger partial charge in [-0.25, -0.2) is 4.98 Å². The third-order valence-corrected chi connectivity index (χ3v) is 3.43. The molecule has 1 unspecified atom stereocenters. The Morgan fingerprint density at radius 3 is 2.38 bits per heavy atom. The zero-order valence-electron chi connectivity index (χ0n) is 11.8. The number of halogens is 1. The number of hydrogen-bond donors (Lipinski definition) is 2. The molecule has 2 aromatic rings. The maximum atomic E-state index is 10.3. The number of ether oxygens (including phenoxy) is 2. The SMILES string of the molecule is COc1cc(OC)cc(C(O)CNc2ccc(Br)cn2)c1. The molecule has 5 nitrogen and oxygen atoms in total. The van der Waals surface area contributed by atoms with Crippen molar-refractivity contribution in [3.05, 3.63) is 46.6 Å². The van der Waals surface area contributed by atoms with Crippen molar-refractivity contribution >= 4 is 21.7 Å². The number of pyridine rings is 1. The predicted molar refractivity (Wildman–Crippen MR) is 84.9 cm³/mol. The van der Waals surface area contributed by atoms with Crippen molar-refractivity contribution in [3.8, 4) is 11.5 Å². The van der Waals surface area contributed by atoms with Gasteiger partial charge < -0.3 is 19.9 Å².